The van der Waals surface area contributed by atoms with Crippen molar-refractivity contribution in [3.05, 3.63) is 0 Å². The Morgan fingerprint density at radius 2 is 2.11 bits per heavy atom. The van der Waals surface area contributed by atoms with Crippen LogP contribution >= 0.6 is 15.9 Å². The van der Waals surface area contributed by atoms with Crippen LogP contribution < -0.4 is 0 Å². The van der Waals surface area contributed by atoms with Gasteiger partial charge in [0.2, 0.25) is 6.01 Å². The zero-order valence-electron chi connectivity index (χ0n) is 4.51. The highest BCUT2D eigenvalue weighted by atomic mass is 79.9. The van der Waals surface area contributed by atoms with Gasteiger partial charge in [-0.3, -0.25) is 4.18 Å². The minimum Gasteiger partial charge on any atom is -0.267 e. The number of alkyl halides is 2. The molecule has 0 rings (SSSR count). The molecule has 0 spiro atoms. The maximum Gasteiger partial charge on any atom is 0.297 e. The van der Waals surface area contributed by atoms with E-state index in [-0.39, 0.29) is 6.61 Å². The maximum atomic E-state index is 11.4. The number of halogens is 2. The van der Waals surface area contributed by atoms with Crippen LogP contribution in [0.2, 0.25) is 0 Å². The summed E-state index contributed by atoms with van der Waals surface area (Å²) in [5, 5.41) is 0.381. The molecular weight excluding hydrogens is 215 g/mol. The smallest absolute Gasteiger partial charge is 0.267 e. The molecule has 0 fully saturated rings. The summed E-state index contributed by atoms with van der Waals surface area (Å²) in [6, 6.07) is -1.46. The number of hydrogen-bond donors (Lipinski definition) is 0. The first-order valence-electron chi connectivity index (χ1n) is 2.11. The largest absolute Gasteiger partial charge is 0.297 e. The summed E-state index contributed by atoms with van der Waals surface area (Å²) in [7, 11) is -3.88. The summed E-state index contributed by atoms with van der Waals surface area (Å²) in [4.78, 5) is 0. The first-order chi connectivity index (χ1) is 4.12. The van der Waals surface area contributed by atoms with Crippen LogP contribution in [0.25, 0.3) is 0 Å². The minimum atomic E-state index is -3.88. The highest BCUT2D eigenvalue weighted by molar-refractivity contribution is 9.09. The van der Waals surface area contributed by atoms with Crippen molar-refractivity contribution in [2.75, 3.05) is 17.9 Å². The molecule has 0 amide bonds. The van der Waals surface area contributed by atoms with E-state index >= 15 is 0 Å². The van der Waals surface area contributed by atoms with Crippen LogP contribution in [0.4, 0.5) is 4.39 Å². The Morgan fingerprint density at radius 3 is 2.44 bits per heavy atom. The second-order valence-electron chi connectivity index (χ2n) is 1.18. The van der Waals surface area contributed by atoms with Crippen molar-refractivity contribution in [3.63, 3.8) is 0 Å². The van der Waals surface area contributed by atoms with Gasteiger partial charge in [-0.05, 0) is 0 Å². The summed E-state index contributed by atoms with van der Waals surface area (Å²) in [6.45, 7) is -0.0216. The van der Waals surface area contributed by atoms with Gasteiger partial charge >= 0.3 is 0 Å². The zero-order valence-corrected chi connectivity index (χ0v) is 6.91. The Labute approximate surface area is 61.5 Å². The van der Waals surface area contributed by atoms with Gasteiger partial charge in [0, 0.05) is 5.33 Å². The van der Waals surface area contributed by atoms with Crippen LogP contribution in [0, 0.1) is 0 Å². The van der Waals surface area contributed by atoms with Gasteiger partial charge in [0.15, 0.2) is 0 Å². The van der Waals surface area contributed by atoms with Gasteiger partial charge in [0.05, 0.1) is 6.61 Å². The predicted octanol–water partition coefficient (Wildman–Crippen LogP) is 0.655. The second-order valence-corrected chi connectivity index (χ2v) is 3.54. The van der Waals surface area contributed by atoms with Crippen LogP contribution in [0.5, 0.6) is 0 Å². The number of hydrogen-bond acceptors (Lipinski definition) is 3. The molecule has 0 unspecified atom stereocenters. The lowest BCUT2D eigenvalue weighted by Crippen LogP contribution is -2.08. The van der Waals surface area contributed by atoms with Crippen LogP contribution in [0.1, 0.15) is 0 Å². The van der Waals surface area contributed by atoms with Crippen molar-refractivity contribution < 1.29 is 17.0 Å². The third kappa shape index (κ3) is 4.80. The van der Waals surface area contributed by atoms with Gasteiger partial charge in [-0.15, -0.1) is 0 Å². The van der Waals surface area contributed by atoms with Gasteiger partial charge in [-0.25, -0.2) is 4.39 Å². The van der Waals surface area contributed by atoms with Crippen molar-refractivity contribution in [2.24, 2.45) is 0 Å². The van der Waals surface area contributed by atoms with Gasteiger partial charge in [0.1, 0.15) is 0 Å². The topological polar surface area (TPSA) is 43.4 Å². The molecule has 0 saturated carbocycles. The van der Waals surface area contributed by atoms with Gasteiger partial charge in [-0.1, -0.05) is 15.9 Å². The molecule has 3 nitrogen and oxygen atoms in total. The standard InChI is InChI=1S/C3H6BrFO3S/c4-1-2-8-9(6,7)3-5/h1-3H2. The Kier molecular flexibility index (Phi) is 4.33. The highest BCUT2D eigenvalue weighted by Crippen LogP contribution is 1.93. The number of rotatable bonds is 4. The molecule has 0 radical (unpaired) electrons. The third-order valence-corrected chi connectivity index (χ3v) is 1.59. The first-order valence-corrected chi connectivity index (χ1v) is 4.81. The van der Waals surface area contributed by atoms with E-state index in [1.54, 1.807) is 0 Å². The fourth-order valence-electron chi connectivity index (χ4n) is 0.190. The molecule has 0 saturated heterocycles. The maximum absolute atomic E-state index is 11.4. The average Bonchev–Trinajstić information content (AvgIpc) is 1.84. The quantitative estimate of drug-likeness (QED) is 0.517. The van der Waals surface area contributed by atoms with Crippen LogP contribution in [-0.2, 0) is 14.3 Å². The molecule has 0 aromatic carbocycles. The highest BCUT2D eigenvalue weighted by Gasteiger charge is 2.07. The minimum absolute atomic E-state index is 0.0216. The third-order valence-electron chi connectivity index (χ3n) is 0.474. The summed E-state index contributed by atoms with van der Waals surface area (Å²) in [5.74, 6) is 0. The molecule has 56 valence electrons. The van der Waals surface area contributed by atoms with Gasteiger partial charge in [-0.2, -0.15) is 8.42 Å². The van der Waals surface area contributed by atoms with E-state index in [1.807, 2.05) is 0 Å². The zero-order chi connectivity index (χ0) is 7.33. The molecule has 6 heteroatoms. The predicted molar refractivity (Wildman–Crippen MR) is 34.6 cm³/mol. The molecule has 0 heterocycles. The summed E-state index contributed by atoms with van der Waals surface area (Å²) < 4.78 is 35.7. The van der Waals surface area contributed by atoms with Crippen LogP contribution in [0.15, 0.2) is 0 Å². The van der Waals surface area contributed by atoms with Crippen molar-refractivity contribution in [1.82, 2.24) is 0 Å². The summed E-state index contributed by atoms with van der Waals surface area (Å²) >= 11 is 2.92. The normalized spacial score (nSPS) is 11.8. The Hall–Kier alpha value is 0.320. The van der Waals surface area contributed by atoms with E-state index < -0.39 is 16.1 Å². The Balaban J connectivity index is 3.61. The van der Waals surface area contributed by atoms with E-state index in [4.69, 9.17) is 0 Å². The van der Waals surface area contributed by atoms with Crippen molar-refractivity contribution in [1.29, 1.82) is 0 Å². The molecular formula is C3H6BrFO3S. The van der Waals surface area contributed by atoms with E-state index in [1.165, 1.54) is 0 Å². The second kappa shape index (κ2) is 4.19. The fourth-order valence-corrected chi connectivity index (χ4v) is 0.966. The first kappa shape index (κ1) is 9.32. The van der Waals surface area contributed by atoms with Gasteiger partial charge < -0.3 is 0 Å². The lowest BCUT2D eigenvalue weighted by molar-refractivity contribution is 0.330. The van der Waals surface area contributed by atoms with E-state index in [2.05, 4.69) is 20.1 Å². The molecule has 0 atom stereocenters. The Bertz CT molecular complexity index is 154. The molecule has 0 aromatic rings. The van der Waals surface area contributed by atoms with Crippen LogP contribution in [0.3, 0.4) is 0 Å². The van der Waals surface area contributed by atoms with E-state index in [0.717, 1.165) is 0 Å². The molecule has 9 heavy (non-hydrogen) atoms. The van der Waals surface area contributed by atoms with E-state index in [9.17, 15) is 12.8 Å². The molecule has 0 aliphatic heterocycles. The lowest BCUT2D eigenvalue weighted by atomic mass is 10.9. The van der Waals surface area contributed by atoms with Crippen molar-refractivity contribution in [2.45, 2.75) is 0 Å². The van der Waals surface area contributed by atoms with Crippen LogP contribution in [-0.4, -0.2) is 26.4 Å². The van der Waals surface area contributed by atoms with Gasteiger partial charge in [0.25, 0.3) is 10.1 Å². The Morgan fingerprint density at radius 1 is 1.56 bits per heavy atom. The molecule has 0 aliphatic carbocycles. The fraction of sp³-hybridized carbons (Fsp3) is 1.00. The SMILES string of the molecule is O=S(=O)(CF)OCCBr. The van der Waals surface area contributed by atoms with E-state index in [0.29, 0.717) is 5.33 Å². The summed E-state index contributed by atoms with van der Waals surface area (Å²) in [5.41, 5.74) is 0. The molecule has 0 N–H and O–H groups in total. The molecule has 0 bridgehead atoms. The summed E-state index contributed by atoms with van der Waals surface area (Å²) in [6.07, 6.45) is 0. The molecule has 0 aliphatic rings. The van der Waals surface area contributed by atoms with Crippen molar-refractivity contribution >= 4 is 26.0 Å². The average molecular weight is 221 g/mol. The molecule has 0 aromatic heterocycles. The lowest BCUT2D eigenvalue weighted by Gasteiger charge is -1.96. The monoisotopic (exact) mass is 220 g/mol. The van der Waals surface area contributed by atoms with Crippen molar-refractivity contribution in [3.8, 4) is 0 Å².